The fourth-order valence-electron chi connectivity index (χ4n) is 2.18. The van der Waals surface area contributed by atoms with E-state index in [1.165, 1.54) is 5.56 Å². The van der Waals surface area contributed by atoms with Crippen molar-refractivity contribution < 1.29 is 4.79 Å². The lowest BCUT2D eigenvalue weighted by atomic mass is 10.0. The highest BCUT2D eigenvalue weighted by atomic mass is 16.1. The zero-order chi connectivity index (χ0) is 13.9. The van der Waals surface area contributed by atoms with E-state index in [2.05, 4.69) is 31.3 Å². The molecule has 0 saturated heterocycles. The topological polar surface area (TPSA) is 55.1 Å². The van der Waals surface area contributed by atoms with E-state index in [9.17, 15) is 4.79 Å². The summed E-state index contributed by atoms with van der Waals surface area (Å²) in [7, 11) is 0. The molecule has 1 aliphatic rings. The molecule has 0 radical (unpaired) electrons. The molecule has 1 amide bonds. The fraction of sp³-hybridized carbons (Fsp3) is 0.562. The first-order valence-electron chi connectivity index (χ1n) is 7.10. The predicted molar refractivity (Wildman–Crippen MR) is 78.0 cm³/mol. The van der Waals surface area contributed by atoms with Crippen molar-refractivity contribution in [2.24, 2.45) is 11.1 Å². The minimum absolute atomic E-state index is 0.0945. The Morgan fingerprint density at radius 3 is 2.42 bits per heavy atom. The lowest BCUT2D eigenvalue weighted by molar-refractivity contribution is -0.120. The van der Waals surface area contributed by atoms with E-state index >= 15 is 0 Å². The first kappa shape index (κ1) is 14.1. The molecular weight excluding hydrogens is 236 g/mol. The van der Waals surface area contributed by atoms with Crippen LogP contribution in [0.5, 0.6) is 0 Å². The molecule has 0 aromatic heterocycles. The van der Waals surface area contributed by atoms with E-state index in [4.69, 9.17) is 5.73 Å². The van der Waals surface area contributed by atoms with Gasteiger partial charge in [-0.05, 0) is 41.8 Å². The smallest absolute Gasteiger partial charge is 0.224 e. The van der Waals surface area contributed by atoms with Crippen molar-refractivity contribution in [3.63, 3.8) is 0 Å². The number of benzene rings is 1. The van der Waals surface area contributed by atoms with Crippen molar-refractivity contribution in [2.75, 3.05) is 13.1 Å². The van der Waals surface area contributed by atoms with E-state index < -0.39 is 0 Å². The first-order valence-corrected chi connectivity index (χ1v) is 7.10. The minimum Gasteiger partial charge on any atom is -0.355 e. The Morgan fingerprint density at radius 2 is 1.95 bits per heavy atom. The third kappa shape index (κ3) is 3.80. The Kier molecular flexibility index (Phi) is 4.25. The summed E-state index contributed by atoms with van der Waals surface area (Å²) in [5, 5.41) is 3.00. The van der Waals surface area contributed by atoms with E-state index in [0.29, 0.717) is 18.9 Å². The minimum atomic E-state index is 0.0945. The standard InChI is InChI=1S/C16H24N2O/c1-12(2)14-5-3-13(4-6-14)9-15(19)18-11-16(10-17)7-8-16/h3-6,12H,7-11,17H2,1-2H3,(H,18,19). The largest absolute Gasteiger partial charge is 0.355 e. The molecule has 1 fully saturated rings. The molecule has 2 rings (SSSR count). The summed E-state index contributed by atoms with van der Waals surface area (Å²) in [4.78, 5) is 11.9. The van der Waals surface area contributed by atoms with Gasteiger partial charge in [-0.1, -0.05) is 38.1 Å². The summed E-state index contributed by atoms with van der Waals surface area (Å²) < 4.78 is 0. The number of hydrogen-bond acceptors (Lipinski definition) is 2. The normalized spacial score (nSPS) is 16.4. The van der Waals surface area contributed by atoms with Gasteiger partial charge in [-0.3, -0.25) is 4.79 Å². The van der Waals surface area contributed by atoms with Crippen molar-refractivity contribution in [3.05, 3.63) is 35.4 Å². The monoisotopic (exact) mass is 260 g/mol. The molecule has 1 saturated carbocycles. The van der Waals surface area contributed by atoms with Crippen LogP contribution < -0.4 is 11.1 Å². The Morgan fingerprint density at radius 1 is 1.32 bits per heavy atom. The SMILES string of the molecule is CC(C)c1ccc(CC(=O)NCC2(CN)CC2)cc1. The van der Waals surface area contributed by atoms with E-state index in [0.717, 1.165) is 24.9 Å². The number of carbonyl (C=O) groups is 1. The van der Waals surface area contributed by atoms with Crippen molar-refractivity contribution in [3.8, 4) is 0 Å². The van der Waals surface area contributed by atoms with Gasteiger partial charge in [0, 0.05) is 6.54 Å². The van der Waals surface area contributed by atoms with Crippen LogP contribution in [0, 0.1) is 5.41 Å². The average Bonchev–Trinajstić information content (AvgIpc) is 3.18. The highest BCUT2D eigenvalue weighted by molar-refractivity contribution is 5.78. The molecule has 1 aliphatic carbocycles. The summed E-state index contributed by atoms with van der Waals surface area (Å²) in [5.74, 6) is 0.624. The third-order valence-electron chi connectivity index (χ3n) is 4.06. The van der Waals surface area contributed by atoms with Crippen molar-refractivity contribution in [1.82, 2.24) is 5.32 Å². The van der Waals surface area contributed by atoms with Crippen LogP contribution >= 0.6 is 0 Å². The number of amides is 1. The number of rotatable bonds is 6. The van der Waals surface area contributed by atoms with Crippen LogP contribution in [0.25, 0.3) is 0 Å². The van der Waals surface area contributed by atoms with E-state index in [-0.39, 0.29) is 11.3 Å². The van der Waals surface area contributed by atoms with Crippen LogP contribution in [0.4, 0.5) is 0 Å². The molecule has 3 heteroatoms. The molecule has 0 heterocycles. The van der Waals surface area contributed by atoms with Crippen LogP contribution in [0.15, 0.2) is 24.3 Å². The van der Waals surface area contributed by atoms with E-state index in [1.807, 2.05) is 12.1 Å². The van der Waals surface area contributed by atoms with Gasteiger partial charge in [0.25, 0.3) is 0 Å². The van der Waals surface area contributed by atoms with E-state index in [1.54, 1.807) is 0 Å². The van der Waals surface area contributed by atoms with Gasteiger partial charge in [0.05, 0.1) is 6.42 Å². The molecular formula is C16H24N2O. The highest BCUT2D eigenvalue weighted by Gasteiger charge is 2.41. The van der Waals surface area contributed by atoms with Crippen LogP contribution in [0.3, 0.4) is 0 Å². The molecule has 3 nitrogen and oxygen atoms in total. The Hall–Kier alpha value is -1.35. The van der Waals surface area contributed by atoms with Gasteiger partial charge in [0.2, 0.25) is 5.91 Å². The second kappa shape index (κ2) is 5.74. The molecule has 0 bridgehead atoms. The summed E-state index contributed by atoms with van der Waals surface area (Å²) in [6, 6.07) is 8.31. The quantitative estimate of drug-likeness (QED) is 0.824. The molecule has 0 aliphatic heterocycles. The van der Waals surface area contributed by atoms with Gasteiger partial charge in [-0.2, -0.15) is 0 Å². The Bertz CT molecular complexity index is 433. The molecule has 0 unspecified atom stereocenters. The molecule has 1 aromatic carbocycles. The second-order valence-corrected chi connectivity index (χ2v) is 6.05. The first-order chi connectivity index (χ1) is 9.04. The predicted octanol–water partition coefficient (Wildman–Crippen LogP) is 2.21. The van der Waals surface area contributed by atoms with Gasteiger partial charge in [-0.15, -0.1) is 0 Å². The maximum Gasteiger partial charge on any atom is 0.224 e. The number of nitrogens with one attached hydrogen (secondary N) is 1. The lowest BCUT2D eigenvalue weighted by Crippen LogP contribution is -2.34. The molecule has 1 aromatic rings. The number of carbonyl (C=O) groups excluding carboxylic acids is 1. The summed E-state index contributed by atoms with van der Waals surface area (Å²) in [6.07, 6.45) is 2.75. The van der Waals surface area contributed by atoms with Crippen LogP contribution in [0.2, 0.25) is 0 Å². The second-order valence-electron chi connectivity index (χ2n) is 6.05. The Balaban J connectivity index is 1.81. The van der Waals surface area contributed by atoms with Gasteiger partial charge >= 0.3 is 0 Å². The average molecular weight is 260 g/mol. The number of hydrogen-bond donors (Lipinski definition) is 2. The van der Waals surface area contributed by atoms with Crippen molar-refractivity contribution in [2.45, 2.75) is 39.0 Å². The molecule has 3 N–H and O–H groups in total. The number of nitrogens with two attached hydrogens (primary N) is 1. The molecule has 0 atom stereocenters. The van der Waals surface area contributed by atoms with Crippen LogP contribution in [-0.4, -0.2) is 19.0 Å². The molecule has 104 valence electrons. The van der Waals surface area contributed by atoms with Gasteiger partial charge in [0.15, 0.2) is 0 Å². The Labute approximate surface area is 115 Å². The maximum absolute atomic E-state index is 11.9. The van der Waals surface area contributed by atoms with Crippen molar-refractivity contribution >= 4 is 5.91 Å². The van der Waals surface area contributed by atoms with Crippen molar-refractivity contribution in [1.29, 1.82) is 0 Å². The zero-order valence-electron chi connectivity index (χ0n) is 11.9. The fourth-order valence-corrected chi connectivity index (χ4v) is 2.18. The third-order valence-corrected chi connectivity index (χ3v) is 4.06. The van der Waals surface area contributed by atoms with Gasteiger partial charge in [-0.25, -0.2) is 0 Å². The summed E-state index contributed by atoms with van der Waals surface area (Å²) >= 11 is 0. The lowest BCUT2D eigenvalue weighted by Gasteiger charge is -2.13. The van der Waals surface area contributed by atoms with Crippen LogP contribution in [-0.2, 0) is 11.2 Å². The van der Waals surface area contributed by atoms with Crippen LogP contribution in [0.1, 0.15) is 43.7 Å². The summed E-state index contributed by atoms with van der Waals surface area (Å²) in [5.41, 5.74) is 8.29. The maximum atomic E-state index is 11.9. The summed E-state index contributed by atoms with van der Waals surface area (Å²) in [6.45, 7) is 5.75. The van der Waals surface area contributed by atoms with Gasteiger partial charge in [0.1, 0.15) is 0 Å². The molecule has 19 heavy (non-hydrogen) atoms. The van der Waals surface area contributed by atoms with Gasteiger partial charge < -0.3 is 11.1 Å². The molecule has 0 spiro atoms. The zero-order valence-corrected chi connectivity index (χ0v) is 11.9. The highest BCUT2D eigenvalue weighted by Crippen LogP contribution is 2.43.